The van der Waals surface area contributed by atoms with Crippen LogP contribution in [-0.2, 0) is 11.8 Å². The van der Waals surface area contributed by atoms with E-state index in [-0.39, 0.29) is 11.3 Å². The fraction of sp³-hybridized carbons (Fsp3) is 0.667. The van der Waals surface area contributed by atoms with Crippen LogP contribution in [-0.4, -0.2) is 15.7 Å². The lowest BCUT2D eigenvalue weighted by molar-refractivity contribution is -0.125. The van der Waals surface area contributed by atoms with Crippen molar-refractivity contribution in [1.82, 2.24) is 9.78 Å². The van der Waals surface area contributed by atoms with E-state index in [4.69, 9.17) is 5.73 Å². The first-order chi connectivity index (χ1) is 8.09. The molecule has 1 heterocycles. The molecule has 0 unspecified atom stereocenters. The fourth-order valence-corrected chi connectivity index (χ4v) is 2.64. The number of amides is 1. The summed E-state index contributed by atoms with van der Waals surface area (Å²) in [5.74, 6) is 0.697. The SMILES string of the molecule is CCC1(C(=O)Nc2c(N)cnn2C)CCCC1. The molecule has 0 aromatic carbocycles. The van der Waals surface area contributed by atoms with Crippen LogP contribution < -0.4 is 11.1 Å². The highest BCUT2D eigenvalue weighted by atomic mass is 16.2. The summed E-state index contributed by atoms with van der Waals surface area (Å²) in [7, 11) is 1.78. The summed E-state index contributed by atoms with van der Waals surface area (Å²) in [5.41, 5.74) is 6.10. The van der Waals surface area contributed by atoms with Crippen molar-refractivity contribution in [3.05, 3.63) is 6.20 Å². The average Bonchev–Trinajstić information content (AvgIpc) is 2.91. The number of carbonyl (C=O) groups is 1. The molecule has 1 saturated carbocycles. The van der Waals surface area contributed by atoms with Crippen molar-refractivity contribution in [2.24, 2.45) is 12.5 Å². The minimum atomic E-state index is -0.198. The normalized spacial score (nSPS) is 18.2. The van der Waals surface area contributed by atoms with Gasteiger partial charge in [-0.05, 0) is 19.3 Å². The molecule has 0 saturated heterocycles. The van der Waals surface area contributed by atoms with Crippen molar-refractivity contribution in [3.63, 3.8) is 0 Å². The van der Waals surface area contributed by atoms with E-state index in [9.17, 15) is 4.79 Å². The van der Waals surface area contributed by atoms with Crippen molar-refractivity contribution < 1.29 is 4.79 Å². The first-order valence-corrected chi connectivity index (χ1v) is 6.18. The third-order valence-corrected chi connectivity index (χ3v) is 3.92. The van der Waals surface area contributed by atoms with E-state index in [2.05, 4.69) is 17.3 Å². The van der Waals surface area contributed by atoms with Gasteiger partial charge in [-0.3, -0.25) is 9.48 Å². The van der Waals surface area contributed by atoms with Crippen molar-refractivity contribution in [1.29, 1.82) is 0 Å². The van der Waals surface area contributed by atoms with Gasteiger partial charge >= 0.3 is 0 Å². The zero-order chi connectivity index (χ0) is 12.5. The van der Waals surface area contributed by atoms with Gasteiger partial charge in [0.05, 0.1) is 11.9 Å². The molecule has 0 aliphatic heterocycles. The van der Waals surface area contributed by atoms with E-state index in [0.29, 0.717) is 11.5 Å². The number of nitrogens with one attached hydrogen (secondary N) is 1. The smallest absolute Gasteiger partial charge is 0.231 e. The summed E-state index contributed by atoms with van der Waals surface area (Å²) in [6.07, 6.45) is 6.68. The van der Waals surface area contributed by atoms with Gasteiger partial charge in [0.1, 0.15) is 0 Å². The van der Waals surface area contributed by atoms with Crippen molar-refractivity contribution in [2.45, 2.75) is 39.0 Å². The van der Waals surface area contributed by atoms with Gasteiger partial charge < -0.3 is 11.1 Å². The second kappa shape index (κ2) is 4.39. The maximum atomic E-state index is 12.4. The Kier molecular flexibility index (Phi) is 3.09. The number of nitrogens with zero attached hydrogens (tertiary/aromatic N) is 2. The summed E-state index contributed by atoms with van der Waals surface area (Å²) in [6, 6.07) is 0. The summed E-state index contributed by atoms with van der Waals surface area (Å²) >= 11 is 0. The first kappa shape index (κ1) is 12.0. The van der Waals surface area contributed by atoms with E-state index in [1.807, 2.05) is 0 Å². The molecule has 1 aliphatic carbocycles. The van der Waals surface area contributed by atoms with Crippen LogP contribution in [0.2, 0.25) is 0 Å². The Labute approximate surface area is 101 Å². The number of nitrogens with two attached hydrogens (primary N) is 1. The lowest BCUT2D eigenvalue weighted by Gasteiger charge is -2.26. The molecule has 94 valence electrons. The van der Waals surface area contributed by atoms with Crippen LogP contribution in [0, 0.1) is 5.41 Å². The molecule has 3 N–H and O–H groups in total. The number of rotatable bonds is 3. The zero-order valence-corrected chi connectivity index (χ0v) is 10.5. The molecule has 0 spiro atoms. The van der Waals surface area contributed by atoms with Gasteiger partial charge in [-0.25, -0.2) is 0 Å². The molecule has 0 bridgehead atoms. The molecule has 5 nitrogen and oxygen atoms in total. The number of aryl methyl sites for hydroxylation is 1. The predicted molar refractivity (Wildman–Crippen MR) is 67.4 cm³/mol. The van der Waals surface area contributed by atoms with Gasteiger partial charge in [0.2, 0.25) is 5.91 Å². The molecule has 1 aromatic rings. The maximum Gasteiger partial charge on any atom is 0.231 e. The van der Waals surface area contributed by atoms with Gasteiger partial charge in [0, 0.05) is 12.5 Å². The molecule has 1 amide bonds. The predicted octanol–water partition coefficient (Wildman–Crippen LogP) is 1.91. The highest BCUT2D eigenvalue weighted by Crippen LogP contribution is 2.42. The molecule has 17 heavy (non-hydrogen) atoms. The topological polar surface area (TPSA) is 72.9 Å². The molecular formula is C12H20N4O. The van der Waals surface area contributed by atoms with Crippen LogP contribution in [0.3, 0.4) is 0 Å². The minimum absolute atomic E-state index is 0.0906. The van der Waals surface area contributed by atoms with E-state index in [0.717, 1.165) is 32.1 Å². The van der Waals surface area contributed by atoms with Crippen LogP contribution in [0.5, 0.6) is 0 Å². The molecule has 1 aromatic heterocycles. The lowest BCUT2D eigenvalue weighted by Crippen LogP contribution is -2.34. The van der Waals surface area contributed by atoms with Crippen molar-refractivity contribution in [3.8, 4) is 0 Å². The molecular weight excluding hydrogens is 216 g/mol. The van der Waals surface area contributed by atoms with Crippen LogP contribution in [0.15, 0.2) is 6.20 Å². The first-order valence-electron chi connectivity index (χ1n) is 6.18. The zero-order valence-electron chi connectivity index (χ0n) is 10.5. The molecule has 0 radical (unpaired) electrons. The third kappa shape index (κ3) is 2.01. The van der Waals surface area contributed by atoms with Gasteiger partial charge in [0.25, 0.3) is 0 Å². The summed E-state index contributed by atoms with van der Waals surface area (Å²) in [5, 5.41) is 6.95. The monoisotopic (exact) mass is 236 g/mol. The summed E-state index contributed by atoms with van der Waals surface area (Å²) in [6.45, 7) is 2.08. The Bertz CT molecular complexity index is 399. The van der Waals surface area contributed by atoms with Crippen LogP contribution in [0.25, 0.3) is 0 Å². The van der Waals surface area contributed by atoms with Gasteiger partial charge in [-0.15, -0.1) is 0 Å². The molecule has 0 atom stereocenters. The van der Waals surface area contributed by atoms with E-state index in [1.54, 1.807) is 17.9 Å². The largest absolute Gasteiger partial charge is 0.394 e. The number of carbonyl (C=O) groups excluding carboxylic acids is 1. The van der Waals surface area contributed by atoms with E-state index >= 15 is 0 Å². The fourth-order valence-electron chi connectivity index (χ4n) is 2.64. The quantitative estimate of drug-likeness (QED) is 0.842. The third-order valence-electron chi connectivity index (χ3n) is 3.92. The lowest BCUT2D eigenvalue weighted by atomic mass is 9.82. The van der Waals surface area contributed by atoms with Crippen molar-refractivity contribution in [2.75, 3.05) is 11.1 Å². The Morgan fingerprint density at radius 2 is 2.24 bits per heavy atom. The Balaban J connectivity index is 2.16. The highest BCUT2D eigenvalue weighted by Gasteiger charge is 2.39. The van der Waals surface area contributed by atoms with Crippen LogP contribution in [0.4, 0.5) is 11.5 Å². The second-order valence-corrected chi connectivity index (χ2v) is 4.87. The average molecular weight is 236 g/mol. The number of anilines is 2. The number of hydrogen-bond donors (Lipinski definition) is 2. The summed E-state index contributed by atoms with van der Waals surface area (Å²) in [4.78, 5) is 12.4. The van der Waals surface area contributed by atoms with E-state index < -0.39 is 0 Å². The van der Waals surface area contributed by atoms with E-state index in [1.165, 1.54) is 0 Å². The van der Waals surface area contributed by atoms with Gasteiger partial charge in [-0.2, -0.15) is 5.10 Å². The summed E-state index contributed by atoms with van der Waals surface area (Å²) < 4.78 is 1.60. The maximum absolute atomic E-state index is 12.4. The van der Waals surface area contributed by atoms with Gasteiger partial charge in [-0.1, -0.05) is 19.8 Å². The Morgan fingerprint density at radius 1 is 1.59 bits per heavy atom. The van der Waals surface area contributed by atoms with Crippen LogP contribution in [0.1, 0.15) is 39.0 Å². The van der Waals surface area contributed by atoms with Gasteiger partial charge in [0.15, 0.2) is 5.82 Å². The standard InChI is InChI=1S/C12H20N4O/c1-3-12(6-4-5-7-12)11(17)15-10-9(13)8-14-16(10)2/h8H,3-7,13H2,1-2H3,(H,15,17). The Hall–Kier alpha value is -1.52. The van der Waals surface area contributed by atoms with Crippen LogP contribution >= 0.6 is 0 Å². The second-order valence-electron chi connectivity index (χ2n) is 4.87. The molecule has 1 fully saturated rings. The number of hydrogen-bond acceptors (Lipinski definition) is 3. The number of nitrogen functional groups attached to an aromatic ring is 1. The molecule has 1 aliphatic rings. The highest BCUT2D eigenvalue weighted by molar-refractivity contribution is 5.96. The van der Waals surface area contributed by atoms with Crippen molar-refractivity contribution >= 4 is 17.4 Å². The molecule has 2 rings (SSSR count). The minimum Gasteiger partial charge on any atom is -0.394 e. The number of aromatic nitrogens is 2. The Morgan fingerprint density at radius 3 is 2.71 bits per heavy atom. The molecule has 5 heteroatoms.